The molecule has 3 N–H and O–H groups in total. The van der Waals surface area contributed by atoms with E-state index in [0.29, 0.717) is 34.5 Å². The van der Waals surface area contributed by atoms with Crippen molar-refractivity contribution < 1.29 is 22.4 Å². The number of sulfonamides is 1. The molecule has 0 unspecified atom stereocenters. The molecular formula is C24H27FN6O4S. The molecule has 4 rings (SSSR count). The number of hydroxylamine groups is 1. The van der Waals surface area contributed by atoms with Crippen LogP contribution in [0.1, 0.15) is 40.4 Å². The van der Waals surface area contributed by atoms with Crippen molar-refractivity contribution in [2.75, 3.05) is 35.4 Å². The van der Waals surface area contributed by atoms with Gasteiger partial charge in [-0.05, 0) is 55.5 Å². The van der Waals surface area contributed by atoms with Gasteiger partial charge in [0, 0.05) is 13.1 Å². The molecule has 0 saturated heterocycles. The minimum Gasteiger partial charge on any atom is -0.353 e. The quantitative estimate of drug-likeness (QED) is 0.289. The number of aryl methyl sites for hydroxylation is 1. The van der Waals surface area contributed by atoms with Crippen molar-refractivity contribution in [3.8, 4) is 0 Å². The standard InChI is InChI=1S/C24H27FN6O4S/c1-14-23(24(32)30-35-3)18(13-22(26-14)29-21-7-5-6-20(25)28-21)27-17-11-10-16(15-8-9-15)12-19(17)31(2)36(4,33)34/h5-7,10-13,15H,8-9H2,1-4H3,(H,30,32)(H2,26,27,28,29). The minimum absolute atomic E-state index is 0.189. The Labute approximate surface area is 208 Å². The molecular weight excluding hydrogens is 487 g/mol. The first-order valence-corrected chi connectivity index (χ1v) is 13.0. The van der Waals surface area contributed by atoms with Gasteiger partial charge in [0.05, 0.1) is 41.7 Å². The number of carbonyl (C=O) groups is 1. The number of halogens is 1. The predicted octanol–water partition coefficient (Wildman–Crippen LogP) is 3.98. The van der Waals surface area contributed by atoms with Gasteiger partial charge in [-0.2, -0.15) is 4.39 Å². The first-order chi connectivity index (χ1) is 17.1. The summed E-state index contributed by atoms with van der Waals surface area (Å²) < 4.78 is 39.6. The third-order valence-corrected chi connectivity index (χ3v) is 6.96. The average molecular weight is 515 g/mol. The van der Waals surface area contributed by atoms with Crippen molar-refractivity contribution >= 4 is 44.6 Å². The summed E-state index contributed by atoms with van der Waals surface area (Å²) in [7, 11) is -0.771. The van der Waals surface area contributed by atoms with Gasteiger partial charge in [-0.25, -0.2) is 23.9 Å². The van der Waals surface area contributed by atoms with Crippen LogP contribution in [0.25, 0.3) is 0 Å². The number of aromatic nitrogens is 2. The second kappa shape index (κ2) is 10.1. The zero-order chi connectivity index (χ0) is 26.0. The van der Waals surface area contributed by atoms with Crippen molar-refractivity contribution in [2.24, 2.45) is 0 Å². The van der Waals surface area contributed by atoms with E-state index >= 15 is 0 Å². The summed E-state index contributed by atoms with van der Waals surface area (Å²) >= 11 is 0. The molecule has 1 fully saturated rings. The fourth-order valence-electron chi connectivity index (χ4n) is 3.78. The van der Waals surface area contributed by atoms with Gasteiger partial charge in [-0.1, -0.05) is 12.1 Å². The fourth-order valence-corrected chi connectivity index (χ4v) is 4.29. The highest BCUT2D eigenvalue weighted by Gasteiger charge is 2.27. The molecule has 12 heteroatoms. The summed E-state index contributed by atoms with van der Waals surface area (Å²) in [5.74, 6) is -0.266. The van der Waals surface area contributed by atoms with Gasteiger partial charge in [0.2, 0.25) is 16.0 Å². The van der Waals surface area contributed by atoms with Crippen molar-refractivity contribution in [1.29, 1.82) is 0 Å². The second-order valence-electron chi connectivity index (χ2n) is 8.53. The highest BCUT2D eigenvalue weighted by atomic mass is 32.2. The molecule has 0 aliphatic heterocycles. The van der Waals surface area contributed by atoms with E-state index in [-0.39, 0.29) is 11.4 Å². The largest absolute Gasteiger partial charge is 0.353 e. The van der Waals surface area contributed by atoms with Crippen LogP contribution in [0, 0.1) is 12.9 Å². The zero-order valence-electron chi connectivity index (χ0n) is 20.3. The van der Waals surface area contributed by atoms with E-state index in [2.05, 4.69) is 26.1 Å². The van der Waals surface area contributed by atoms with Crippen molar-refractivity contribution in [3.63, 3.8) is 0 Å². The Morgan fingerprint density at radius 1 is 1.08 bits per heavy atom. The number of hydrogen-bond donors (Lipinski definition) is 3. The molecule has 0 atom stereocenters. The number of nitrogens with zero attached hydrogens (tertiary/aromatic N) is 3. The summed E-state index contributed by atoms with van der Waals surface area (Å²) in [6.07, 6.45) is 3.24. The summed E-state index contributed by atoms with van der Waals surface area (Å²) in [5.41, 5.74) is 5.12. The number of hydrogen-bond acceptors (Lipinski definition) is 8. The first-order valence-electron chi connectivity index (χ1n) is 11.2. The molecule has 1 aromatic carbocycles. The molecule has 0 spiro atoms. The Bertz CT molecular complexity index is 1410. The number of rotatable bonds is 9. The lowest BCUT2D eigenvalue weighted by molar-refractivity contribution is 0.0537. The monoisotopic (exact) mass is 514 g/mol. The summed E-state index contributed by atoms with van der Waals surface area (Å²) in [4.78, 5) is 25.8. The molecule has 3 aromatic rings. The van der Waals surface area contributed by atoms with Crippen molar-refractivity contribution in [2.45, 2.75) is 25.7 Å². The molecule has 36 heavy (non-hydrogen) atoms. The summed E-state index contributed by atoms with van der Waals surface area (Å²) in [6.45, 7) is 1.64. The summed E-state index contributed by atoms with van der Waals surface area (Å²) in [6, 6.07) is 11.4. The van der Waals surface area contributed by atoms with E-state index < -0.39 is 21.9 Å². The molecule has 10 nitrogen and oxygen atoms in total. The molecule has 1 aliphatic rings. The Morgan fingerprint density at radius 2 is 1.83 bits per heavy atom. The molecule has 1 saturated carbocycles. The van der Waals surface area contributed by atoms with Crippen LogP contribution in [0.15, 0.2) is 42.5 Å². The lowest BCUT2D eigenvalue weighted by Gasteiger charge is -2.23. The normalized spacial score (nSPS) is 13.2. The number of nitrogens with one attached hydrogen (secondary N) is 3. The van der Waals surface area contributed by atoms with E-state index in [0.717, 1.165) is 24.7 Å². The molecule has 2 heterocycles. The first kappa shape index (κ1) is 25.3. The minimum atomic E-state index is -3.56. The highest BCUT2D eigenvalue weighted by Crippen LogP contribution is 2.43. The Morgan fingerprint density at radius 3 is 2.47 bits per heavy atom. The Balaban J connectivity index is 1.80. The number of pyridine rings is 2. The van der Waals surface area contributed by atoms with Crippen LogP contribution in [-0.4, -0.2) is 44.7 Å². The molecule has 1 amide bonds. The fraction of sp³-hybridized carbons (Fsp3) is 0.292. The molecule has 0 bridgehead atoms. The number of anilines is 5. The topological polar surface area (TPSA) is 126 Å². The van der Waals surface area contributed by atoms with Gasteiger partial charge < -0.3 is 10.6 Å². The Hall–Kier alpha value is -3.77. The van der Waals surface area contributed by atoms with Gasteiger partial charge in [-0.3, -0.25) is 13.9 Å². The molecule has 0 radical (unpaired) electrons. The maximum atomic E-state index is 13.6. The Kier molecular flexibility index (Phi) is 7.09. The maximum absolute atomic E-state index is 13.6. The van der Waals surface area contributed by atoms with Crippen molar-refractivity contribution in [1.82, 2.24) is 15.4 Å². The van der Waals surface area contributed by atoms with Crippen LogP contribution >= 0.6 is 0 Å². The van der Waals surface area contributed by atoms with Gasteiger partial charge >= 0.3 is 0 Å². The SMILES string of the molecule is CONC(=O)c1c(Nc2ccc(C3CC3)cc2N(C)S(C)(=O)=O)cc(Nc2cccc(F)n2)nc1C. The van der Waals surface area contributed by atoms with E-state index in [1.165, 1.54) is 30.6 Å². The predicted molar refractivity (Wildman–Crippen MR) is 136 cm³/mol. The van der Waals surface area contributed by atoms with Gasteiger partial charge in [-0.15, -0.1) is 0 Å². The molecule has 1 aliphatic carbocycles. The lowest BCUT2D eigenvalue weighted by Crippen LogP contribution is -2.26. The third kappa shape index (κ3) is 5.71. The maximum Gasteiger partial charge on any atom is 0.278 e. The highest BCUT2D eigenvalue weighted by molar-refractivity contribution is 7.92. The smallest absolute Gasteiger partial charge is 0.278 e. The van der Waals surface area contributed by atoms with Crippen LogP contribution in [0.3, 0.4) is 0 Å². The van der Waals surface area contributed by atoms with Crippen LogP contribution in [0.5, 0.6) is 0 Å². The van der Waals surface area contributed by atoms with E-state index in [4.69, 9.17) is 4.84 Å². The van der Waals surface area contributed by atoms with E-state index in [9.17, 15) is 17.6 Å². The van der Waals surface area contributed by atoms with Crippen LogP contribution in [0.2, 0.25) is 0 Å². The van der Waals surface area contributed by atoms with Crippen LogP contribution < -0.4 is 20.4 Å². The van der Waals surface area contributed by atoms with E-state index in [1.54, 1.807) is 25.1 Å². The molecule has 2 aromatic heterocycles. The van der Waals surface area contributed by atoms with Crippen molar-refractivity contribution in [3.05, 3.63) is 65.2 Å². The zero-order valence-corrected chi connectivity index (χ0v) is 21.1. The third-order valence-electron chi connectivity index (χ3n) is 5.77. The van der Waals surface area contributed by atoms with E-state index in [1.807, 2.05) is 12.1 Å². The molecule has 190 valence electrons. The number of carbonyl (C=O) groups excluding carboxylic acids is 1. The summed E-state index contributed by atoms with van der Waals surface area (Å²) in [5, 5.41) is 6.13. The van der Waals surface area contributed by atoms with Crippen LogP contribution in [0.4, 0.5) is 33.1 Å². The van der Waals surface area contributed by atoms with Gasteiger partial charge in [0.15, 0.2) is 0 Å². The second-order valence-corrected chi connectivity index (χ2v) is 10.5. The number of amides is 1. The van der Waals surface area contributed by atoms with Gasteiger partial charge in [0.1, 0.15) is 11.6 Å². The average Bonchev–Trinajstić information content (AvgIpc) is 3.64. The lowest BCUT2D eigenvalue weighted by atomic mass is 10.1. The van der Waals surface area contributed by atoms with Crippen LogP contribution in [-0.2, 0) is 14.9 Å². The van der Waals surface area contributed by atoms with Gasteiger partial charge in [0.25, 0.3) is 5.91 Å². The number of benzene rings is 1.